The first-order valence-corrected chi connectivity index (χ1v) is 9.34. The highest BCUT2D eigenvalue weighted by molar-refractivity contribution is 5.93. The van der Waals surface area contributed by atoms with Crippen molar-refractivity contribution >= 4 is 11.9 Å². The van der Waals surface area contributed by atoms with Crippen LogP contribution in [-0.4, -0.2) is 64.1 Å². The minimum Gasteiger partial charge on any atom is -0.480 e. The van der Waals surface area contributed by atoms with Gasteiger partial charge in [0.15, 0.2) is 0 Å². The summed E-state index contributed by atoms with van der Waals surface area (Å²) in [7, 11) is 1.65. The van der Waals surface area contributed by atoms with Gasteiger partial charge in [0.2, 0.25) is 5.56 Å². The second-order valence-corrected chi connectivity index (χ2v) is 7.50. The molecule has 3 rings (SSSR count). The molecule has 7 heteroatoms. The average Bonchev–Trinajstić information content (AvgIpc) is 2.64. The number of amides is 1. The predicted octanol–water partition coefficient (Wildman–Crippen LogP) is 1.03. The highest BCUT2D eigenvalue weighted by atomic mass is 16.4. The Kier molecular flexibility index (Phi) is 5.76. The summed E-state index contributed by atoms with van der Waals surface area (Å²) in [6.07, 6.45) is 5.70. The van der Waals surface area contributed by atoms with Crippen LogP contribution in [0, 0.1) is 11.8 Å². The van der Waals surface area contributed by atoms with E-state index in [1.165, 1.54) is 10.6 Å². The molecule has 0 bridgehead atoms. The largest absolute Gasteiger partial charge is 0.480 e. The quantitative estimate of drug-likeness (QED) is 0.866. The molecule has 0 saturated carbocycles. The van der Waals surface area contributed by atoms with Crippen molar-refractivity contribution in [1.82, 2.24) is 14.4 Å². The van der Waals surface area contributed by atoms with Gasteiger partial charge in [-0.2, -0.15) is 0 Å². The Labute approximate surface area is 153 Å². The Morgan fingerprint density at radius 3 is 2.15 bits per heavy atom. The molecule has 2 saturated heterocycles. The molecule has 2 aliphatic heterocycles. The predicted molar refractivity (Wildman–Crippen MR) is 97.1 cm³/mol. The lowest BCUT2D eigenvalue weighted by Crippen LogP contribution is -2.43. The van der Waals surface area contributed by atoms with Crippen LogP contribution in [0.2, 0.25) is 0 Å². The van der Waals surface area contributed by atoms with Crippen LogP contribution >= 0.6 is 0 Å². The van der Waals surface area contributed by atoms with Crippen LogP contribution < -0.4 is 5.56 Å². The van der Waals surface area contributed by atoms with E-state index in [1.807, 2.05) is 9.80 Å². The van der Waals surface area contributed by atoms with Crippen molar-refractivity contribution in [2.75, 3.05) is 32.7 Å². The van der Waals surface area contributed by atoms with Crippen molar-refractivity contribution in [3.8, 4) is 0 Å². The van der Waals surface area contributed by atoms with Crippen molar-refractivity contribution < 1.29 is 14.7 Å². The summed E-state index contributed by atoms with van der Waals surface area (Å²) in [5.41, 5.74) is 0.446. The lowest BCUT2D eigenvalue weighted by molar-refractivity contribution is -0.138. The summed E-state index contributed by atoms with van der Waals surface area (Å²) in [6.45, 7) is 3.35. The minimum atomic E-state index is -0.756. The molecule has 0 aromatic carbocycles. The average molecular weight is 361 g/mol. The topological polar surface area (TPSA) is 82.8 Å². The number of aliphatic carboxylic acids is 1. The van der Waals surface area contributed by atoms with E-state index >= 15 is 0 Å². The van der Waals surface area contributed by atoms with Gasteiger partial charge in [-0.1, -0.05) is 0 Å². The number of piperidine rings is 2. The van der Waals surface area contributed by atoms with Crippen molar-refractivity contribution in [2.45, 2.75) is 25.7 Å². The molecule has 2 aliphatic rings. The van der Waals surface area contributed by atoms with Crippen LogP contribution in [0.15, 0.2) is 23.1 Å². The van der Waals surface area contributed by atoms with E-state index in [2.05, 4.69) is 0 Å². The van der Waals surface area contributed by atoms with Crippen LogP contribution in [0.5, 0.6) is 0 Å². The van der Waals surface area contributed by atoms with Gasteiger partial charge in [0, 0.05) is 32.4 Å². The zero-order valence-corrected chi connectivity index (χ0v) is 15.3. The van der Waals surface area contributed by atoms with Crippen LogP contribution in [-0.2, 0) is 11.8 Å². The van der Waals surface area contributed by atoms with Crippen molar-refractivity contribution in [3.05, 3.63) is 34.2 Å². The van der Waals surface area contributed by atoms with Gasteiger partial charge in [0.25, 0.3) is 5.91 Å². The third-order valence-electron chi connectivity index (χ3n) is 5.82. The molecule has 0 radical (unpaired) electrons. The first kappa shape index (κ1) is 18.6. The maximum Gasteiger partial charge on any atom is 0.317 e. The molecule has 7 nitrogen and oxygen atoms in total. The van der Waals surface area contributed by atoms with Gasteiger partial charge in [0.1, 0.15) is 0 Å². The van der Waals surface area contributed by atoms with Gasteiger partial charge in [-0.25, -0.2) is 0 Å². The van der Waals surface area contributed by atoms with E-state index in [0.717, 1.165) is 51.9 Å². The molecule has 1 amide bonds. The van der Waals surface area contributed by atoms with E-state index in [0.29, 0.717) is 17.4 Å². The molecular weight excluding hydrogens is 334 g/mol. The van der Waals surface area contributed by atoms with E-state index in [9.17, 15) is 14.4 Å². The number of hydrogen-bond acceptors (Lipinski definition) is 4. The summed E-state index contributed by atoms with van der Waals surface area (Å²) in [5.74, 6) is 0.491. The molecule has 142 valence electrons. The van der Waals surface area contributed by atoms with Gasteiger partial charge in [-0.05, 0) is 56.7 Å². The number of hydrogen-bond donors (Lipinski definition) is 1. The zero-order valence-electron chi connectivity index (χ0n) is 15.3. The highest BCUT2D eigenvalue weighted by Crippen LogP contribution is 2.32. The molecule has 0 aliphatic carbocycles. The molecule has 0 spiro atoms. The summed E-state index contributed by atoms with van der Waals surface area (Å²) in [5, 5.41) is 8.89. The Hall–Kier alpha value is -2.15. The molecule has 2 fully saturated rings. The first-order chi connectivity index (χ1) is 12.4. The number of aryl methyl sites for hydroxylation is 1. The number of carboxylic acid groups (broad SMARTS) is 1. The Balaban J connectivity index is 1.50. The van der Waals surface area contributed by atoms with Crippen LogP contribution in [0.1, 0.15) is 36.0 Å². The third-order valence-corrected chi connectivity index (χ3v) is 5.82. The molecule has 1 aromatic heterocycles. The maximum atomic E-state index is 12.6. The molecule has 1 N–H and O–H groups in total. The minimum absolute atomic E-state index is 0.00433. The van der Waals surface area contributed by atoms with E-state index < -0.39 is 5.97 Å². The van der Waals surface area contributed by atoms with E-state index in [4.69, 9.17) is 5.11 Å². The number of carbonyl (C=O) groups excluding carboxylic acids is 1. The van der Waals surface area contributed by atoms with Gasteiger partial charge in [-0.3, -0.25) is 19.3 Å². The monoisotopic (exact) mass is 361 g/mol. The summed E-state index contributed by atoms with van der Waals surface area (Å²) in [6, 6.07) is 3.04. The number of carboxylic acids is 1. The van der Waals surface area contributed by atoms with Crippen LogP contribution in [0.25, 0.3) is 0 Å². The van der Waals surface area contributed by atoms with E-state index in [-0.39, 0.29) is 18.0 Å². The number of carbonyl (C=O) groups is 2. The zero-order chi connectivity index (χ0) is 18.7. The fourth-order valence-electron chi connectivity index (χ4n) is 4.25. The van der Waals surface area contributed by atoms with Gasteiger partial charge >= 0.3 is 5.97 Å². The van der Waals surface area contributed by atoms with Crippen LogP contribution in [0.4, 0.5) is 0 Å². The summed E-state index contributed by atoms with van der Waals surface area (Å²) >= 11 is 0. The molecule has 0 unspecified atom stereocenters. The number of nitrogens with zero attached hydrogens (tertiary/aromatic N) is 3. The maximum absolute atomic E-state index is 12.6. The number of aromatic nitrogens is 1. The Morgan fingerprint density at radius 1 is 1.04 bits per heavy atom. The smallest absolute Gasteiger partial charge is 0.317 e. The lowest BCUT2D eigenvalue weighted by atomic mass is 9.78. The second kappa shape index (κ2) is 8.03. The van der Waals surface area contributed by atoms with Gasteiger partial charge < -0.3 is 14.6 Å². The lowest BCUT2D eigenvalue weighted by Gasteiger charge is -2.40. The van der Waals surface area contributed by atoms with Crippen LogP contribution in [0.3, 0.4) is 0 Å². The molecule has 0 atom stereocenters. The van der Waals surface area contributed by atoms with Crippen molar-refractivity contribution in [3.63, 3.8) is 0 Å². The summed E-state index contributed by atoms with van der Waals surface area (Å²) in [4.78, 5) is 38.8. The SMILES string of the molecule is Cn1cc(C(=O)N2CCC(C3CCN(CC(=O)O)CC3)CC2)ccc1=O. The Bertz CT molecular complexity index is 714. The fourth-order valence-corrected chi connectivity index (χ4v) is 4.25. The third kappa shape index (κ3) is 4.33. The molecule has 26 heavy (non-hydrogen) atoms. The number of rotatable bonds is 4. The highest BCUT2D eigenvalue weighted by Gasteiger charge is 2.31. The second-order valence-electron chi connectivity index (χ2n) is 7.50. The normalized spacial score (nSPS) is 20.3. The first-order valence-electron chi connectivity index (χ1n) is 9.34. The molecule has 1 aromatic rings. The van der Waals surface area contributed by atoms with Crippen molar-refractivity contribution in [2.24, 2.45) is 18.9 Å². The Morgan fingerprint density at radius 2 is 1.62 bits per heavy atom. The molecule has 3 heterocycles. The standard InChI is InChI=1S/C19H27N3O4/c1-20-12-16(2-3-17(20)23)19(26)22-10-6-15(7-11-22)14-4-8-21(9-5-14)13-18(24)25/h2-3,12,14-15H,4-11,13H2,1H3,(H,24,25). The number of pyridine rings is 1. The van der Waals surface area contributed by atoms with Gasteiger partial charge in [0.05, 0.1) is 12.1 Å². The van der Waals surface area contributed by atoms with Gasteiger partial charge in [-0.15, -0.1) is 0 Å². The number of likely N-dealkylation sites (tertiary alicyclic amines) is 2. The molecular formula is C19H27N3O4. The fraction of sp³-hybridized carbons (Fsp3) is 0.632. The van der Waals surface area contributed by atoms with E-state index in [1.54, 1.807) is 19.3 Å². The summed E-state index contributed by atoms with van der Waals surface area (Å²) < 4.78 is 1.44. The van der Waals surface area contributed by atoms with Crippen molar-refractivity contribution in [1.29, 1.82) is 0 Å².